The molecule has 6 nitrogen and oxygen atoms in total. The van der Waals surface area contributed by atoms with E-state index in [0.717, 1.165) is 49.1 Å². The largest absolute Gasteiger partial charge is 0.338 e. The second-order valence-corrected chi connectivity index (χ2v) is 7.41. The van der Waals surface area contributed by atoms with Crippen molar-refractivity contribution in [2.24, 2.45) is 11.7 Å². The molecule has 1 unspecified atom stereocenters. The van der Waals surface area contributed by atoms with Gasteiger partial charge in [-0.15, -0.1) is 0 Å². The van der Waals surface area contributed by atoms with Gasteiger partial charge in [-0.3, -0.25) is 4.79 Å². The maximum Gasteiger partial charge on any atom is 0.259 e. The van der Waals surface area contributed by atoms with Crippen molar-refractivity contribution in [1.29, 1.82) is 0 Å². The molecule has 1 atom stereocenters. The van der Waals surface area contributed by atoms with Crippen molar-refractivity contribution in [3.8, 4) is 0 Å². The minimum Gasteiger partial charge on any atom is -0.338 e. The van der Waals surface area contributed by atoms with Crippen LogP contribution in [0.15, 0.2) is 10.6 Å². The number of aromatic nitrogens is 2. The van der Waals surface area contributed by atoms with Crippen LogP contribution in [0, 0.1) is 5.92 Å². The Morgan fingerprint density at radius 1 is 1.42 bits per heavy atom. The van der Waals surface area contributed by atoms with Crippen molar-refractivity contribution in [3.63, 3.8) is 0 Å². The summed E-state index contributed by atoms with van der Waals surface area (Å²) in [6.45, 7) is 6.25. The number of carbonyl (C=O) groups excluding carboxylic acids is 1. The summed E-state index contributed by atoms with van der Waals surface area (Å²) in [5, 5.41) is 4.98. The van der Waals surface area contributed by atoms with Gasteiger partial charge in [-0.05, 0) is 43.7 Å². The average molecular weight is 328 g/mol. The smallest absolute Gasteiger partial charge is 0.259 e. The minimum atomic E-state index is 0.0605. The Morgan fingerprint density at radius 3 is 2.83 bits per heavy atom. The van der Waals surface area contributed by atoms with Gasteiger partial charge in [0, 0.05) is 24.7 Å². The van der Waals surface area contributed by atoms with E-state index in [1.807, 2.05) is 11.0 Å². The van der Waals surface area contributed by atoms with E-state index in [1.54, 1.807) is 0 Å². The lowest BCUT2D eigenvalue weighted by Crippen LogP contribution is -2.30. The molecule has 2 aliphatic rings. The van der Waals surface area contributed by atoms with E-state index in [9.17, 15) is 4.79 Å². The van der Waals surface area contributed by atoms with E-state index >= 15 is 0 Å². The SMILES string of the molecule is CC(C)c1noc2nc(C3CC3)cc(C(=O)N3CCC(CN)C3)c12. The van der Waals surface area contributed by atoms with Crippen LogP contribution in [0.25, 0.3) is 11.1 Å². The lowest BCUT2D eigenvalue weighted by Gasteiger charge is -2.17. The normalized spacial score (nSPS) is 21.2. The highest BCUT2D eigenvalue weighted by Gasteiger charge is 2.32. The third-order valence-corrected chi connectivity index (χ3v) is 5.17. The maximum absolute atomic E-state index is 13.2. The highest BCUT2D eigenvalue weighted by atomic mass is 16.5. The third-order valence-electron chi connectivity index (χ3n) is 5.17. The van der Waals surface area contributed by atoms with E-state index in [2.05, 4.69) is 24.0 Å². The molecule has 0 bridgehead atoms. The van der Waals surface area contributed by atoms with Gasteiger partial charge >= 0.3 is 0 Å². The van der Waals surface area contributed by atoms with Crippen LogP contribution in [-0.2, 0) is 0 Å². The van der Waals surface area contributed by atoms with E-state index in [-0.39, 0.29) is 11.8 Å². The van der Waals surface area contributed by atoms with Gasteiger partial charge in [-0.2, -0.15) is 0 Å². The van der Waals surface area contributed by atoms with Crippen molar-refractivity contribution in [3.05, 3.63) is 23.0 Å². The molecular formula is C18H24N4O2. The number of amides is 1. The van der Waals surface area contributed by atoms with Gasteiger partial charge in [-0.1, -0.05) is 19.0 Å². The molecule has 0 spiro atoms. The highest BCUT2D eigenvalue weighted by molar-refractivity contribution is 6.06. The molecule has 2 aromatic rings. The van der Waals surface area contributed by atoms with E-state index in [0.29, 0.717) is 29.7 Å². The summed E-state index contributed by atoms with van der Waals surface area (Å²) in [7, 11) is 0. The fourth-order valence-corrected chi connectivity index (χ4v) is 3.52. The molecule has 0 aromatic carbocycles. The molecule has 1 aliphatic carbocycles. The number of rotatable bonds is 4. The summed E-state index contributed by atoms with van der Waals surface area (Å²) in [6, 6.07) is 1.97. The predicted molar refractivity (Wildman–Crippen MR) is 90.9 cm³/mol. The third kappa shape index (κ3) is 2.59. The first kappa shape index (κ1) is 15.6. The van der Waals surface area contributed by atoms with E-state index < -0.39 is 0 Å². The Balaban J connectivity index is 1.79. The lowest BCUT2D eigenvalue weighted by molar-refractivity contribution is 0.0789. The standard InChI is InChI=1S/C18H24N4O2/c1-10(2)16-15-13(18(23)22-6-5-11(8-19)9-22)7-14(12-3-4-12)20-17(15)24-21-16/h7,10-12H,3-6,8-9,19H2,1-2H3. The highest BCUT2D eigenvalue weighted by Crippen LogP contribution is 2.41. The molecule has 1 amide bonds. The molecule has 2 N–H and O–H groups in total. The first-order chi connectivity index (χ1) is 11.6. The van der Waals surface area contributed by atoms with Gasteiger partial charge in [0.1, 0.15) is 0 Å². The molecule has 1 aliphatic heterocycles. The zero-order chi connectivity index (χ0) is 16.8. The molecule has 128 valence electrons. The molecule has 24 heavy (non-hydrogen) atoms. The zero-order valence-electron chi connectivity index (χ0n) is 14.3. The molecule has 1 saturated heterocycles. The van der Waals surface area contributed by atoms with Crippen LogP contribution >= 0.6 is 0 Å². The van der Waals surface area contributed by atoms with Crippen LogP contribution in [0.2, 0.25) is 0 Å². The van der Waals surface area contributed by atoms with Gasteiger partial charge < -0.3 is 15.2 Å². The second-order valence-electron chi connectivity index (χ2n) is 7.41. The number of hydrogen-bond donors (Lipinski definition) is 1. The predicted octanol–water partition coefficient (Wildman–Crippen LogP) is 2.64. The summed E-state index contributed by atoms with van der Waals surface area (Å²) in [5.74, 6) is 1.11. The van der Waals surface area contributed by atoms with Crippen LogP contribution in [0.4, 0.5) is 0 Å². The fraction of sp³-hybridized carbons (Fsp3) is 0.611. The first-order valence-corrected chi connectivity index (χ1v) is 8.88. The van der Waals surface area contributed by atoms with Crippen molar-refractivity contribution in [2.45, 2.75) is 44.9 Å². The number of nitrogens with two attached hydrogens (primary N) is 1. The molecule has 6 heteroatoms. The zero-order valence-corrected chi connectivity index (χ0v) is 14.3. The molecule has 3 heterocycles. The number of pyridine rings is 1. The van der Waals surface area contributed by atoms with Crippen molar-refractivity contribution >= 4 is 17.0 Å². The molecular weight excluding hydrogens is 304 g/mol. The van der Waals surface area contributed by atoms with E-state index in [4.69, 9.17) is 10.3 Å². The van der Waals surface area contributed by atoms with Crippen LogP contribution in [0.3, 0.4) is 0 Å². The summed E-state index contributed by atoms with van der Waals surface area (Å²) >= 11 is 0. The van der Waals surface area contributed by atoms with Crippen LogP contribution < -0.4 is 5.73 Å². The van der Waals surface area contributed by atoms with Gasteiger partial charge in [0.25, 0.3) is 11.6 Å². The van der Waals surface area contributed by atoms with Crippen molar-refractivity contribution in [2.75, 3.05) is 19.6 Å². The Hall–Kier alpha value is -1.95. The Labute approximate surface area is 141 Å². The van der Waals surface area contributed by atoms with Crippen molar-refractivity contribution < 1.29 is 9.32 Å². The Bertz CT molecular complexity index is 779. The quantitative estimate of drug-likeness (QED) is 0.932. The maximum atomic E-state index is 13.2. The van der Waals surface area contributed by atoms with Crippen LogP contribution in [0.5, 0.6) is 0 Å². The number of fused-ring (bicyclic) bond motifs is 1. The number of hydrogen-bond acceptors (Lipinski definition) is 5. The van der Waals surface area contributed by atoms with Crippen LogP contribution in [-0.4, -0.2) is 40.6 Å². The molecule has 1 saturated carbocycles. The number of carbonyl (C=O) groups is 1. The Kier molecular flexibility index (Phi) is 3.79. The fourth-order valence-electron chi connectivity index (χ4n) is 3.52. The molecule has 2 aromatic heterocycles. The molecule has 0 radical (unpaired) electrons. The number of nitrogens with zero attached hydrogens (tertiary/aromatic N) is 3. The summed E-state index contributed by atoms with van der Waals surface area (Å²) in [6.07, 6.45) is 3.25. The summed E-state index contributed by atoms with van der Waals surface area (Å²) in [5.41, 5.74) is 8.75. The summed E-state index contributed by atoms with van der Waals surface area (Å²) < 4.78 is 5.47. The second kappa shape index (κ2) is 5.84. The van der Waals surface area contributed by atoms with Gasteiger partial charge in [0.15, 0.2) is 0 Å². The first-order valence-electron chi connectivity index (χ1n) is 8.88. The molecule has 2 fully saturated rings. The lowest BCUT2D eigenvalue weighted by atomic mass is 10.0. The molecule has 4 rings (SSSR count). The van der Waals surface area contributed by atoms with Gasteiger partial charge in [-0.25, -0.2) is 4.98 Å². The number of likely N-dealkylation sites (tertiary alicyclic amines) is 1. The monoisotopic (exact) mass is 328 g/mol. The average Bonchev–Trinajstić information content (AvgIpc) is 3.16. The van der Waals surface area contributed by atoms with Crippen molar-refractivity contribution in [1.82, 2.24) is 15.0 Å². The summed E-state index contributed by atoms with van der Waals surface area (Å²) in [4.78, 5) is 19.7. The minimum absolute atomic E-state index is 0.0605. The van der Waals surface area contributed by atoms with Crippen LogP contribution in [0.1, 0.15) is 66.7 Å². The topological polar surface area (TPSA) is 85.2 Å². The van der Waals surface area contributed by atoms with Gasteiger partial charge in [0.05, 0.1) is 16.6 Å². The Morgan fingerprint density at radius 2 is 2.21 bits per heavy atom. The van der Waals surface area contributed by atoms with E-state index in [1.165, 1.54) is 0 Å². The van der Waals surface area contributed by atoms with Gasteiger partial charge in [0.2, 0.25) is 0 Å².